The van der Waals surface area contributed by atoms with E-state index in [1.54, 1.807) is 0 Å². The summed E-state index contributed by atoms with van der Waals surface area (Å²) in [5.41, 5.74) is 19.6. The molecule has 0 fully saturated rings. The Morgan fingerprint density at radius 3 is 0.677 bits per heavy atom. The third-order valence-corrected chi connectivity index (χ3v) is 12.8. The van der Waals surface area contributed by atoms with Crippen LogP contribution >= 0.6 is 0 Å². The molecule has 62 heavy (non-hydrogen) atoms. The zero-order chi connectivity index (χ0) is 41.4. The van der Waals surface area contributed by atoms with E-state index in [-0.39, 0.29) is 5.41 Å². The van der Waals surface area contributed by atoms with E-state index in [4.69, 9.17) is 0 Å². The van der Waals surface area contributed by atoms with Crippen LogP contribution in [0.1, 0.15) is 25.0 Å². The quantitative estimate of drug-likeness (QED) is 0.172. The van der Waals surface area contributed by atoms with Gasteiger partial charge in [-0.3, -0.25) is 0 Å². The van der Waals surface area contributed by atoms with Crippen LogP contribution in [0, 0.1) is 0 Å². The van der Waals surface area contributed by atoms with Gasteiger partial charge in [0.25, 0.3) is 0 Å². The number of hydrogen-bond donors (Lipinski definition) is 0. The largest absolute Gasteiger partial charge is 0.310 e. The van der Waals surface area contributed by atoms with Gasteiger partial charge in [0.05, 0.1) is 56.9 Å². The van der Waals surface area contributed by atoms with Gasteiger partial charge >= 0.3 is 0 Å². The maximum atomic E-state index is 2.42. The molecule has 0 bridgehead atoms. The molecule has 0 radical (unpaired) electrons. The summed E-state index contributed by atoms with van der Waals surface area (Å²) in [6, 6.07) is 81.3. The van der Waals surface area contributed by atoms with Crippen molar-refractivity contribution in [2.45, 2.75) is 19.3 Å². The predicted octanol–water partition coefficient (Wildman–Crippen LogP) is 16.3. The Kier molecular flexibility index (Phi) is 8.12. The maximum Gasteiger partial charge on any atom is 0.0703 e. The van der Waals surface area contributed by atoms with Crippen LogP contribution in [0.2, 0.25) is 0 Å². The summed E-state index contributed by atoms with van der Waals surface area (Å²) < 4.78 is 0. The molecule has 3 heterocycles. The molecule has 5 heteroatoms. The van der Waals surface area contributed by atoms with E-state index >= 15 is 0 Å². The van der Waals surface area contributed by atoms with Gasteiger partial charge in [-0.2, -0.15) is 0 Å². The Labute approximate surface area is 363 Å². The fraction of sp³-hybridized carbons (Fsp3) is 0.0526. The van der Waals surface area contributed by atoms with Gasteiger partial charge in [-0.25, -0.2) is 0 Å². The van der Waals surface area contributed by atoms with Gasteiger partial charge in [-0.05, 0) is 132 Å². The summed E-state index contributed by atoms with van der Waals surface area (Å²) in [6.45, 7) is 4.67. The molecule has 3 aliphatic heterocycles. The van der Waals surface area contributed by atoms with E-state index in [1.807, 2.05) is 0 Å². The second-order valence-electron chi connectivity index (χ2n) is 16.7. The second-order valence-corrected chi connectivity index (χ2v) is 16.7. The van der Waals surface area contributed by atoms with Crippen LogP contribution in [0.3, 0.4) is 0 Å². The summed E-state index contributed by atoms with van der Waals surface area (Å²) >= 11 is 0. The lowest BCUT2D eigenvalue weighted by Gasteiger charge is -2.42. The van der Waals surface area contributed by atoms with Crippen LogP contribution in [0.5, 0.6) is 0 Å². The Hall–Kier alpha value is -8.02. The fourth-order valence-corrected chi connectivity index (χ4v) is 10.0. The Balaban J connectivity index is 0.918. The van der Waals surface area contributed by atoms with Crippen LogP contribution in [0.25, 0.3) is 0 Å². The van der Waals surface area contributed by atoms with Crippen molar-refractivity contribution in [3.8, 4) is 0 Å². The van der Waals surface area contributed by atoms with Gasteiger partial charge in [0.2, 0.25) is 0 Å². The van der Waals surface area contributed by atoms with Crippen LogP contribution in [-0.4, -0.2) is 0 Å². The first-order valence-corrected chi connectivity index (χ1v) is 21.4. The molecule has 3 aliphatic rings. The number of nitrogens with zero attached hydrogens (tertiary/aromatic N) is 5. The highest BCUT2D eigenvalue weighted by Gasteiger charge is 2.37. The third kappa shape index (κ3) is 5.41. The van der Waals surface area contributed by atoms with E-state index < -0.39 is 0 Å². The van der Waals surface area contributed by atoms with Crippen molar-refractivity contribution in [2.24, 2.45) is 0 Å². The lowest BCUT2D eigenvalue weighted by atomic mass is 9.73. The van der Waals surface area contributed by atoms with Gasteiger partial charge in [0.1, 0.15) is 0 Å². The fourth-order valence-electron chi connectivity index (χ4n) is 10.0. The summed E-state index contributed by atoms with van der Waals surface area (Å²) in [4.78, 5) is 12.0. The molecule has 0 unspecified atom stereocenters. The zero-order valence-electron chi connectivity index (χ0n) is 34.6. The van der Waals surface area contributed by atoms with Crippen molar-refractivity contribution in [3.05, 3.63) is 236 Å². The van der Waals surface area contributed by atoms with Crippen molar-refractivity contribution < 1.29 is 0 Å². The summed E-state index contributed by atoms with van der Waals surface area (Å²) in [5, 5.41) is 0. The van der Waals surface area contributed by atoms with Gasteiger partial charge in [-0.1, -0.05) is 117 Å². The minimum atomic E-state index is -0.105. The smallest absolute Gasteiger partial charge is 0.0703 e. The molecular weight excluding hydrogens is 755 g/mol. The van der Waals surface area contributed by atoms with Crippen molar-refractivity contribution in [1.29, 1.82) is 0 Å². The van der Waals surface area contributed by atoms with Gasteiger partial charge in [0.15, 0.2) is 0 Å². The number of para-hydroxylation sites is 11. The molecule has 9 aromatic carbocycles. The predicted molar refractivity (Wildman–Crippen MR) is 259 cm³/mol. The molecule has 5 nitrogen and oxygen atoms in total. The molecular formula is C57H43N5. The maximum absolute atomic E-state index is 2.42. The molecule has 296 valence electrons. The molecule has 9 aromatic rings. The van der Waals surface area contributed by atoms with Gasteiger partial charge < -0.3 is 24.5 Å². The highest BCUT2D eigenvalue weighted by atomic mass is 15.3. The highest BCUT2D eigenvalue weighted by molar-refractivity contribution is 6.04. The molecule has 0 aliphatic carbocycles. The first-order valence-electron chi connectivity index (χ1n) is 21.4. The van der Waals surface area contributed by atoms with Crippen molar-refractivity contribution in [3.63, 3.8) is 0 Å². The van der Waals surface area contributed by atoms with Crippen LogP contribution < -0.4 is 24.5 Å². The Morgan fingerprint density at radius 1 is 0.210 bits per heavy atom. The average Bonchev–Trinajstić information content (AvgIpc) is 3.33. The molecule has 0 spiro atoms. The number of hydrogen-bond acceptors (Lipinski definition) is 5. The molecule has 0 N–H and O–H groups in total. The van der Waals surface area contributed by atoms with Crippen molar-refractivity contribution in [2.75, 3.05) is 24.5 Å². The molecule has 0 atom stereocenters. The zero-order valence-corrected chi connectivity index (χ0v) is 34.6. The second kappa shape index (κ2) is 14.0. The molecule has 0 amide bonds. The topological polar surface area (TPSA) is 16.2 Å². The SMILES string of the molecule is CC1(C)c2ccccc2N(c2ccc(N3c4ccccc4N(c4ccc(N5c6ccccc6N(c6ccccc6)c6ccccc65)cc4)c4ccccc43)cc2)c2ccccc21. The van der Waals surface area contributed by atoms with Crippen molar-refractivity contribution in [1.82, 2.24) is 0 Å². The van der Waals surface area contributed by atoms with Crippen molar-refractivity contribution >= 4 is 85.3 Å². The van der Waals surface area contributed by atoms with E-state index in [0.29, 0.717) is 0 Å². The number of benzene rings is 9. The van der Waals surface area contributed by atoms with Crippen LogP contribution in [0.15, 0.2) is 224 Å². The van der Waals surface area contributed by atoms with E-state index in [0.717, 1.165) is 73.9 Å². The lowest BCUT2D eigenvalue weighted by Crippen LogP contribution is -2.30. The van der Waals surface area contributed by atoms with Crippen LogP contribution in [0.4, 0.5) is 85.3 Å². The minimum Gasteiger partial charge on any atom is -0.310 e. The van der Waals surface area contributed by atoms with Gasteiger partial charge in [-0.15, -0.1) is 0 Å². The first-order chi connectivity index (χ1) is 30.6. The summed E-state index contributed by atoms with van der Waals surface area (Å²) in [6.07, 6.45) is 0. The Bertz CT molecular complexity index is 2990. The van der Waals surface area contributed by atoms with Crippen LogP contribution in [-0.2, 0) is 5.41 Å². The normalized spacial score (nSPS) is 14.3. The molecule has 0 saturated carbocycles. The number of fused-ring (bicyclic) bond motifs is 6. The summed E-state index contributed by atoms with van der Waals surface area (Å²) in [7, 11) is 0. The molecule has 0 aromatic heterocycles. The first kappa shape index (κ1) is 35.9. The average molecular weight is 798 g/mol. The standard InChI is InChI=1S/C57H43N5/c1-57(2)45-20-6-8-22-47(45)58(48-23-9-7-21-46(48)57)41-32-34-42(35-33-41)61-53-28-14-16-30-55(53)62(56-31-17-15-29-54(56)61)44-38-36-43(37-39-44)60-51-26-12-10-24-49(51)59(40-18-4-3-5-19-40)50-25-11-13-27-52(50)60/h3-39H,1-2H3. The van der Waals surface area contributed by atoms with E-state index in [9.17, 15) is 0 Å². The number of anilines is 15. The third-order valence-electron chi connectivity index (χ3n) is 12.8. The number of rotatable bonds is 5. The lowest BCUT2D eigenvalue weighted by molar-refractivity contribution is 0.632. The molecule has 12 rings (SSSR count). The van der Waals surface area contributed by atoms with Gasteiger partial charge in [0, 0.05) is 33.9 Å². The van der Waals surface area contributed by atoms with E-state index in [2.05, 4.69) is 263 Å². The minimum absolute atomic E-state index is 0.105. The monoisotopic (exact) mass is 797 g/mol. The molecule has 0 saturated heterocycles. The highest BCUT2D eigenvalue weighted by Crippen LogP contribution is 2.57. The van der Waals surface area contributed by atoms with E-state index in [1.165, 1.54) is 22.5 Å². The summed E-state index contributed by atoms with van der Waals surface area (Å²) in [5.74, 6) is 0. The Morgan fingerprint density at radius 2 is 0.403 bits per heavy atom.